The molecule has 0 spiro atoms. The van der Waals surface area contributed by atoms with Crippen LogP contribution in [-0.2, 0) is 14.3 Å². The molecule has 0 aliphatic carbocycles. The van der Waals surface area contributed by atoms with Crippen LogP contribution in [0.25, 0.3) is 0 Å². The number of anilines is 1. The molecular weight excluding hydrogens is 418 g/mol. The average molecular weight is 443 g/mol. The van der Waals surface area contributed by atoms with E-state index in [1.165, 1.54) is 4.90 Å². The van der Waals surface area contributed by atoms with Gasteiger partial charge < -0.3 is 24.0 Å². The minimum absolute atomic E-state index is 0.162. The van der Waals surface area contributed by atoms with Crippen molar-refractivity contribution in [3.63, 3.8) is 0 Å². The quantitative estimate of drug-likeness (QED) is 0.605. The number of carbonyl (C=O) groups excluding carboxylic acids is 3. The average Bonchev–Trinajstić information content (AvgIpc) is 3.29. The number of urea groups is 1. The first kappa shape index (κ1) is 21.5. The zero-order valence-electron chi connectivity index (χ0n) is 18.6. The van der Waals surface area contributed by atoms with Crippen LogP contribution in [0.2, 0.25) is 0 Å². The molecule has 3 aliphatic rings. The number of rotatable bonds is 6. The Balaban J connectivity index is 1.70. The molecule has 2 unspecified atom stereocenters. The number of fused-ring (bicyclic) bond motifs is 3. The summed E-state index contributed by atoms with van der Waals surface area (Å²) in [5.74, 6) is 0.559. The van der Waals surface area contributed by atoms with E-state index in [4.69, 9.17) is 19.2 Å². The maximum Gasteiger partial charge on any atom is 0.328 e. The number of methoxy groups -OCH3 is 2. The van der Waals surface area contributed by atoms with Crippen LogP contribution in [0.3, 0.4) is 0 Å². The number of carbonyl (C=O) groups is 3. The lowest BCUT2D eigenvalue weighted by molar-refractivity contribution is -0.150. The van der Waals surface area contributed by atoms with E-state index in [1.807, 2.05) is 17.9 Å². The van der Waals surface area contributed by atoms with Crippen molar-refractivity contribution in [2.45, 2.75) is 26.1 Å². The third kappa shape index (κ3) is 3.20. The Bertz CT molecular complexity index is 1040. The molecule has 0 aromatic heterocycles. The van der Waals surface area contributed by atoms with Gasteiger partial charge in [-0.05, 0) is 26.0 Å². The summed E-state index contributed by atoms with van der Waals surface area (Å²) in [4.78, 5) is 48.6. The highest BCUT2D eigenvalue weighted by atomic mass is 16.5. The third-order valence-corrected chi connectivity index (χ3v) is 5.61. The molecule has 1 saturated heterocycles. The fraction of sp³-hybridized carbons (Fsp3) is 0.429. The Morgan fingerprint density at radius 1 is 1.19 bits per heavy atom. The molecule has 0 radical (unpaired) electrons. The van der Waals surface area contributed by atoms with Gasteiger partial charge in [0, 0.05) is 25.0 Å². The van der Waals surface area contributed by atoms with E-state index in [9.17, 15) is 14.4 Å². The normalized spacial score (nSPS) is 21.9. The van der Waals surface area contributed by atoms with Crippen molar-refractivity contribution in [1.82, 2.24) is 14.7 Å². The number of benzene rings is 1. The summed E-state index contributed by atoms with van der Waals surface area (Å²) in [6.45, 7) is 3.26. The number of ether oxygens (including phenoxy) is 3. The Morgan fingerprint density at radius 2 is 1.94 bits per heavy atom. The molecule has 11 heteroatoms. The highest BCUT2D eigenvalue weighted by Crippen LogP contribution is 2.41. The van der Waals surface area contributed by atoms with Crippen LogP contribution in [0.1, 0.15) is 13.8 Å². The Kier molecular flexibility index (Phi) is 5.41. The van der Waals surface area contributed by atoms with E-state index in [1.54, 1.807) is 51.4 Å². The number of amides is 3. The van der Waals surface area contributed by atoms with Crippen LogP contribution < -0.4 is 14.4 Å². The topological polar surface area (TPSA) is 104 Å². The molecule has 1 aromatic rings. The van der Waals surface area contributed by atoms with Crippen LogP contribution in [0, 0.1) is 0 Å². The molecular formula is C21H25N5O6. The number of aliphatic imine (C=N–C) groups is 1. The first-order chi connectivity index (χ1) is 15.3. The largest absolute Gasteiger partial charge is 0.497 e. The number of esters is 1. The van der Waals surface area contributed by atoms with Crippen molar-refractivity contribution < 1.29 is 28.6 Å². The second-order valence-corrected chi connectivity index (χ2v) is 7.46. The molecule has 0 bridgehead atoms. The van der Waals surface area contributed by atoms with Crippen LogP contribution >= 0.6 is 0 Å². The van der Waals surface area contributed by atoms with Crippen LogP contribution in [-0.4, -0.2) is 85.2 Å². The first-order valence-corrected chi connectivity index (χ1v) is 10.1. The number of imide groups is 1. The highest BCUT2D eigenvalue weighted by Gasteiger charge is 2.55. The molecule has 11 nitrogen and oxygen atoms in total. The summed E-state index contributed by atoms with van der Waals surface area (Å²) in [6, 6.07) is 4.00. The third-order valence-electron chi connectivity index (χ3n) is 5.61. The molecule has 1 aromatic carbocycles. The van der Waals surface area contributed by atoms with Crippen molar-refractivity contribution in [2.75, 3.05) is 39.3 Å². The zero-order valence-corrected chi connectivity index (χ0v) is 18.6. The summed E-state index contributed by atoms with van der Waals surface area (Å²) in [6.07, 6.45) is 1.07. The number of likely N-dealkylation sites (N-methyl/N-ethyl adjacent to an activating group) is 1. The summed E-state index contributed by atoms with van der Waals surface area (Å²) < 4.78 is 15.8. The number of hydrogen-bond donors (Lipinski definition) is 0. The number of hydrogen-bond acceptors (Lipinski definition) is 9. The fourth-order valence-electron chi connectivity index (χ4n) is 4.10. The molecule has 0 N–H and O–H groups in total. The minimum atomic E-state index is -0.793. The van der Waals surface area contributed by atoms with Gasteiger partial charge in [-0.15, -0.1) is 0 Å². The summed E-state index contributed by atoms with van der Waals surface area (Å²) in [7, 11) is 4.70. The predicted octanol–water partition coefficient (Wildman–Crippen LogP) is 1.21. The Hall–Kier alpha value is -3.76. The van der Waals surface area contributed by atoms with E-state index in [-0.39, 0.29) is 6.61 Å². The van der Waals surface area contributed by atoms with Gasteiger partial charge in [-0.1, -0.05) is 0 Å². The lowest BCUT2D eigenvalue weighted by Gasteiger charge is -2.39. The lowest BCUT2D eigenvalue weighted by Crippen LogP contribution is -2.65. The monoisotopic (exact) mass is 443 g/mol. The molecule has 1 fully saturated rings. The van der Waals surface area contributed by atoms with E-state index in [2.05, 4.69) is 0 Å². The number of guanidine groups is 1. The Labute approximate surface area is 185 Å². The smallest absolute Gasteiger partial charge is 0.328 e. The van der Waals surface area contributed by atoms with Crippen molar-refractivity contribution in [2.24, 2.45) is 4.99 Å². The summed E-state index contributed by atoms with van der Waals surface area (Å²) in [5, 5.41) is 0. The van der Waals surface area contributed by atoms with Crippen molar-refractivity contribution in [1.29, 1.82) is 0 Å². The Morgan fingerprint density at radius 3 is 2.59 bits per heavy atom. The maximum absolute atomic E-state index is 13.3. The van der Waals surface area contributed by atoms with Crippen molar-refractivity contribution in [3.05, 3.63) is 30.1 Å². The van der Waals surface area contributed by atoms with E-state index < -0.39 is 36.7 Å². The molecule has 3 aliphatic heterocycles. The lowest BCUT2D eigenvalue weighted by atomic mass is 10.1. The van der Waals surface area contributed by atoms with E-state index >= 15 is 0 Å². The van der Waals surface area contributed by atoms with Gasteiger partial charge in [0.15, 0.2) is 12.2 Å². The molecule has 0 saturated carbocycles. The van der Waals surface area contributed by atoms with Gasteiger partial charge in [-0.25, -0.2) is 9.79 Å². The van der Waals surface area contributed by atoms with Gasteiger partial charge in [0.25, 0.3) is 5.91 Å². The predicted molar refractivity (Wildman–Crippen MR) is 114 cm³/mol. The number of nitrogens with zero attached hydrogens (tertiary/aromatic N) is 5. The van der Waals surface area contributed by atoms with Gasteiger partial charge in [0.05, 0.1) is 26.5 Å². The van der Waals surface area contributed by atoms with E-state index in [0.29, 0.717) is 23.1 Å². The molecule has 32 heavy (non-hydrogen) atoms. The highest BCUT2D eigenvalue weighted by molar-refractivity contribution is 6.11. The van der Waals surface area contributed by atoms with Gasteiger partial charge >= 0.3 is 12.0 Å². The summed E-state index contributed by atoms with van der Waals surface area (Å²) >= 11 is 0. The van der Waals surface area contributed by atoms with Gasteiger partial charge in [-0.2, -0.15) is 0 Å². The molecule has 170 valence electrons. The second-order valence-electron chi connectivity index (χ2n) is 7.46. The maximum atomic E-state index is 13.3. The molecule has 4 rings (SSSR count). The zero-order chi connectivity index (χ0) is 23.2. The molecule has 3 amide bonds. The van der Waals surface area contributed by atoms with Gasteiger partial charge in [0.1, 0.15) is 18.0 Å². The first-order valence-electron chi connectivity index (χ1n) is 10.1. The standard InChI is InChI=1S/C21H25N5O6/c1-6-32-16(27)11-25-19(28)17-18(23(3)21(25)29)22-20-24(17)10-12(2)26(20)14-9-13(30-4)7-8-15(14)31-5/h7-10,17-18H,6,11H2,1-5H3. The number of allylic oxidation sites excluding steroid dienone is 1. The van der Waals surface area contributed by atoms with Crippen LogP contribution in [0.4, 0.5) is 10.5 Å². The fourth-order valence-corrected chi connectivity index (χ4v) is 4.10. The molecule has 3 heterocycles. The SMILES string of the molecule is CCOC(=O)CN1C(=O)C2C(N=C3N(c4cc(OC)ccc4OC)C(C)=CN32)N(C)C1=O. The van der Waals surface area contributed by atoms with Gasteiger partial charge in [0.2, 0.25) is 5.96 Å². The molecule has 2 atom stereocenters. The summed E-state index contributed by atoms with van der Waals surface area (Å²) in [5.41, 5.74) is 1.49. The van der Waals surface area contributed by atoms with Crippen LogP contribution in [0.15, 0.2) is 35.1 Å². The van der Waals surface area contributed by atoms with E-state index in [0.717, 1.165) is 10.6 Å². The minimum Gasteiger partial charge on any atom is -0.497 e. The van der Waals surface area contributed by atoms with Crippen molar-refractivity contribution >= 4 is 29.6 Å². The van der Waals surface area contributed by atoms with Gasteiger partial charge in [-0.3, -0.25) is 19.4 Å². The van der Waals surface area contributed by atoms with Crippen LogP contribution in [0.5, 0.6) is 11.5 Å². The van der Waals surface area contributed by atoms with Crippen molar-refractivity contribution in [3.8, 4) is 11.5 Å². The second kappa shape index (κ2) is 8.06.